The van der Waals surface area contributed by atoms with E-state index in [4.69, 9.17) is 22.1 Å². The van der Waals surface area contributed by atoms with E-state index in [1.54, 1.807) is 6.20 Å². The van der Waals surface area contributed by atoms with Crippen molar-refractivity contribution in [2.24, 2.45) is 0 Å². The Labute approximate surface area is 134 Å². The molecule has 116 valence electrons. The quantitative estimate of drug-likeness (QED) is 0.936. The molecule has 3 heterocycles. The Bertz CT molecular complexity index is 658. The van der Waals surface area contributed by atoms with Gasteiger partial charge in [-0.1, -0.05) is 11.6 Å². The van der Waals surface area contributed by atoms with Crippen LogP contribution in [0.25, 0.3) is 0 Å². The lowest BCUT2D eigenvalue weighted by molar-refractivity contribution is 0.169. The van der Waals surface area contributed by atoms with Crippen LogP contribution < -0.4 is 15.4 Å². The van der Waals surface area contributed by atoms with Crippen LogP contribution in [0.1, 0.15) is 18.4 Å². The number of hydrogen-bond acceptors (Lipinski definition) is 6. The second kappa shape index (κ2) is 6.36. The minimum absolute atomic E-state index is 0.190. The highest BCUT2D eigenvalue weighted by molar-refractivity contribution is 6.35. The molecular weight excluding hydrogens is 302 g/mol. The number of aryl methyl sites for hydroxylation is 1. The second-order valence-electron chi connectivity index (χ2n) is 5.34. The Morgan fingerprint density at radius 1 is 1.32 bits per heavy atom. The van der Waals surface area contributed by atoms with E-state index in [2.05, 4.69) is 19.9 Å². The van der Waals surface area contributed by atoms with E-state index in [1.165, 1.54) is 6.33 Å². The molecule has 7 heteroatoms. The van der Waals surface area contributed by atoms with Gasteiger partial charge >= 0.3 is 0 Å². The van der Waals surface area contributed by atoms with Crippen LogP contribution in [-0.4, -0.2) is 34.1 Å². The molecule has 2 N–H and O–H groups in total. The highest BCUT2D eigenvalue weighted by atomic mass is 35.5. The maximum Gasteiger partial charge on any atom is 0.153 e. The Hall–Kier alpha value is -2.08. The van der Waals surface area contributed by atoms with Crippen molar-refractivity contribution in [3.63, 3.8) is 0 Å². The molecule has 1 fully saturated rings. The van der Waals surface area contributed by atoms with Crippen molar-refractivity contribution in [3.8, 4) is 5.75 Å². The average molecular weight is 320 g/mol. The number of anilines is 2. The molecule has 6 nitrogen and oxygen atoms in total. The van der Waals surface area contributed by atoms with Gasteiger partial charge in [0.1, 0.15) is 29.0 Å². The van der Waals surface area contributed by atoms with Crippen LogP contribution in [0.15, 0.2) is 24.8 Å². The molecule has 0 radical (unpaired) electrons. The first-order valence-electron chi connectivity index (χ1n) is 7.23. The molecule has 1 aliphatic heterocycles. The number of halogens is 1. The van der Waals surface area contributed by atoms with Crippen molar-refractivity contribution in [2.45, 2.75) is 25.9 Å². The molecule has 0 spiro atoms. The van der Waals surface area contributed by atoms with E-state index < -0.39 is 0 Å². The summed E-state index contributed by atoms with van der Waals surface area (Å²) < 4.78 is 6.07. The lowest BCUT2D eigenvalue weighted by Crippen LogP contribution is -2.39. The van der Waals surface area contributed by atoms with Crippen LogP contribution in [-0.2, 0) is 0 Å². The van der Waals surface area contributed by atoms with Gasteiger partial charge in [0.15, 0.2) is 5.82 Å². The monoisotopic (exact) mass is 319 g/mol. The van der Waals surface area contributed by atoms with Gasteiger partial charge in [0.2, 0.25) is 0 Å². The average Bonchev–Trinajstić information content (AvgIpc) is 2.53. The number of rotatable bonds is 3. The summed E-state index contributed by atoms with van der Waals surface area (Å²) in [5, 5.41) is 0.423. The molecule has 0 amide bonds. The molecule has 0 unspecified atom stereocenters. The summed E-state index contributed by atoms with van der Waals surface area (Å²) in [5.74, 6) is 1.92. The lowest BCUT2D eigenvalue weighted by Gasteiger charge is -2.33. The van der Waals surface area contributed by atoms with Crippen molar-refractivity contribution in [1.82, 2.24) is 15.0 Å². The number of nitrogens with zero attached hydrogens (tertiary/aromatic N) is 4. The van der Waals surface area contributed by atoms with Gasteiger partial charge < -0.3 is 15.4 Å². The van der Waals surface area contributed by atoms with E-state index >= 15 is 0 Å². The molecule has 22 heavy (non-hydrogen) atoms. The molecule has 3 rings (SSSR count). The third-order valence-electron chi connectivity index (χ3n) is 3.80. The fraction of sp³-hybridized carbons (Fsp3) is 0.400. The molecule has 0 atom stereocenters. The number of pyridine rings is 1. The zero-order valence-corrected chi connectivity index (χ0v) is 13.1. The molecule has 0 bridgehead atoms. The van der Waals surface area contributed by atoms with Gasteiger partial charge in [-0.15, -0.1) is 0 Å². The molecule has 0 aromatic carbocycles. The predicted molar refractivity (Wildman–Crippen MR) is 86.3 cm³/mol. The van der Waals surface area contributed by atoms with Crippen molar-refractivity contribution >= 4 is 23.2 Å². The van der Waals surface area contributed by atoms with Crippen molar-refractivity contribution in [1.29, 1.82) is 0 Å². The number of nitrogen functional groups attached to an aromatic ring is 1. The standard InChI is InChI=1S/C15H18ClN5O/c1-10-8-18-5-2-12(10)22-11-3-6-21(7-4-11)15-13(16)14(17)19-9-20-15/h2,5,8-9,11H,3-4,6-7H2,1H3,(H2,17,19,20). The summed E-state index contributed by atoms with van der Waals surface area (Å²) >= 11 is 6.18. The third-order valence-corrected chi connectivity index (χ3v) is 4.16. The summed E-state index contributed by atoms with van der Waals surface area (Å²) in [4.78, 5) is 14.3. The maximum absolute atomic E-state index is 6.18. The number of aromatic nitrogens is 3. The van der Waals surface area contributed by atoms with Crippen LogP contribution in [0.2, 0.25) is 5.02 Å². The Kier molecular flexibility index (Phi) is 4.29. The third kappa shape index (κ3) is 3.06. The Balaban J connectivity index is 1.63. The van der Waals surface area contributed by atoms with Crippen molar-refractivity contribution in [2.75, 3.05) is 23.7 Å². The fourth-order valence-corrected chi connectivity index (χ4v) is 2.77. The van der Waals surface area contributed by atoms with Gasteiger partial charge in [0.25, 0.3) is 0 Å². The first kappa shape index (κ1) is 14.8. The van der Waals surface area contributed by atoms with Gasteiger partial charge in [0, 0.05) is 43.9 Å². The van der Waals surface area contributed by atoms with Gasteiger partial charge in [-0.3, -0.25) is 4.98 Å². The topological polar surface area (TPSA) is 77.2 Å². The fourth-order valence-electron chi connectivity index (χ4n) is 2.55. The van der Waals surface area contributed by atoms with Crippen molar-refractivity contribution in [3.05, 3.63) is 35.4 Å². The summed E-state index contributed by atoms with van der Waals surface area (Å²) in [7, 11) is 0. The van der Waals surface area contributed by atoms with Crippen LogP contribution in [0, 0.1) is 6.92 Å². The number of ether oxygens (including phenoxy) is 1. The number of piperidine rings is 1. The lowest BCUT2D eigenvalue weighted by atomic mass is 10.1. The summed E-state index contributed by atoms with van der Waals surface area (Å²) in [6, 6.07) is 1.91. The van der Waals surface area contributed by atoms with Gasteiger partial charge in [-0.25, -0.2) is 9.97 Å². The molecular formula is C15H18ClN5O. The Morgan fingerprint density at radius 2 is 2.09 bits per heavy atom. The first-order chi connectivity index (χ1) is 10.6. The smallest absolute Gasteiger partial charge is 0.153 e. The molecule has 2 aromatic rings. The van der Waals surface area contributed by atoms with Gasteiger partial charge in [-0.2, -0.15) is 0 Å². The van der Waals surface area contributed by atoms with E-state index in [-0.39, 0.29) is 6.10 Å². The minimum Gasteiger partial charge on any atom is -0.490 e. The SMILES string of the molecule is Cc1cnccc1OC1CCN(c2ncnc(N)c2Cl)CC1. The Morgan fingerprint density at radius 3 is 2.82 bits per heavy atom. The first-order valence-corrected chi connectivity index (χ1v) is 7.61. The normalized spacial score (nSPS) is 15.8. The highest BCUT2D eigenvalue weighted by Gasteiger charge is 2.24. The maximum atomic E-state index is 6.18. The van der Waals surface area contributed by atoms with Gasteiger partial charge in [-0.05, 0) is 13.0 Å². The van der Waals surface area contributed by atoms with Crippen molar-refractivity contribution < 1.29 is 4.74 Å². The van der Waals surface area contributed by atoms with Crippen LogP contribution in [0.5, 0.6) is 5.75 Å². The zero-order valence-electron chi connectivity index (χ0n) is 12.4. The van der Waals surface area contributed by atoms with Crippen LogP contribution >= 0.6 is 11.6 Å². The predicted octanol–water partition coefficient (Wildman–Crippen LogP) is 2.46. The molecule has 0 aliphatic carbocycles. The number of hydrogen-bond donors (Lipinski definition) is 1. The largest absolute Gasteiger partial charge is 0.490 e. The molecule has 1 aliphatic rings. The zero-order chi connectivity index (χ0) is 15.5. The van der Waals surface area contributed by atoms with E-state index in [0.717, 1.165) is 37.2 Å². The second-order valence-corrected chi connectivity index (χ2v) is 5.72. The number of nitrogens with two attached hydrogens (primary N) is 1. The molecule has 1 saturated heterocycles. The molecule has 0 saturated carbocycles. The molecule has 2 aromatic heterocycles. The van der Waals surface area contributed by atoms with E-state index in [9.17, 15) is 0 Å². The van der Waals surface area contributed by atoms with E-state index in [1.807, 2.05) is 19.2 Å². The van der Waals surface area contributed by atoms with Crippen LogP contribution in [0.3, 0.4) is 0 Å². The minimum atomic E-state index is 0.190. The summed E-state index contributed by atoms with van der Waals surface area (Å²) in [6.45, 7) is 3.65. The van der Waals surface area contributed by atoms with Gasteiger partial charge in [0.05, 0.1) is 0 Å². The van der Waals surface area contributed by atoms with Crippen LogP contribution in [0.4, 0.5) is 11.6 Å². The summed E-state index contributed by atoms with van der Waals surface area (Å²) in [6.07, 6.45) is 7.01. The van der Waals surface area contributed by atoms with E-state index in [0.29, 0.717) is 16.7 Å². The summed E-state index contributed by atoms with van der Waals surface area (Å²) in [5.41, 5.74) is 6.79. The highest BCUT2D eigenvalue weighted by Crippen LogP contribution is 2.30.